The molecular formula is C18H20F2N2O5. The summed E-state index contributed by atoms with van der Waals surface area (Å²) in [4.78, 5) is 25.3. The number of nitrogens with zero attached hydrogens (tertiary/aromatic N) is 2. The van der Waals surface area contributed by atoms with Gasteiger partial charge in [-0.25, -0.2) is 0 Å². The smallest absolute Gasteiger partial charge is 0.387 e. The van der Waals surface area contributed by atoms with Gasteiger partial charge in [0.1, 0.15) is 11.5 Å². The largest absolute Gasteiger partial charge is 0.455 e. The van der Waals surface area contributed by atoms with E-state index in [4.69, 9.17) is 9.26 Å². The Morgan fingerprint density at radius 3 is 2.44 bits per heavy atom. The maximum atomic E-state index is 12.1. The number of aromatic nitrogens is 1. The van der Waals surface area contributed by atoms with Gasteiger partial charge < -0.3 is 18.9 Å². The summed E-state index contributed by atoms with van der Waals surface area (Å²) in [7, 11) is 1.55. The number of ether oxygens (including phenoxy) is 2. The minimum atomic E-state index is -2.89. The zero-order valence-electron chi connectivity index (χ0n) is 15.2. The van der Waals surface area contributed by atoms with Crippen LogP contribution < -0.4 is 4.74 Å². The van der Waals surface area contributed by atoms with Crippen LogP contribution in [0.3, 0.4) is 0 Å². The van der Waals surface area contributed by atoms with E-state index < -0.39 is 25.1 Å². The van der Waals surface area contributed by atoms with Gasteiger partial charge in [0.15, 0.2) is 6.61 Å². The molecule has 0 saturated carbocycles. The van der Waals surface area contributed by atoms with Crippen LogP contribution in [0.15, 0.2) is 28.8 Å². The lowest BCUT2D eigenvalue weighted by molar-refractivity contribution is -0.151. The minimum absolute atomic E-state index is 0.0240. The predicted octanol–water partition coefficient (Wildman–Crippen LogP) is 2.64. The molecule has 0 atom stereocenters. The number of alkyl halides is 2. The van der Waals surface area contributed by atoms with Crippen molar-refractivity contribution in [2.45, 2.75) is 33.4 Å². The molecule has 9 heteroatoms. The number of hydrogen-bond acceptors (Lipinski definition) is 6. The summed E-state index contributed by atoms with van der Waals surface area (Å²) < 4.78 is 38.5. The molecular weight excluding hydrogens is 362 g/mol. The van der Waals surface area contributed by atoms with Crippen molar-refractivity contribution in [3.63, 3.8) is 0 Å². The first kappa shape index (κ1) is 20.3. The third kappa shape index (κ3) is 6.05. The number of rotatable bonds is 8. The summed E-state index contributed by atoms with van der Waals surface area (Å²) in [6.07, 6.45) is -0.0240. The second-order valence-electron chi connectivity index (χ2n) is 5.91. The van der Waals surface area contributed by atoms with Crippen LogP contribution in [0.1, 0.15) is 22.6 Å². The Labute approximate surface area is 154 Å². The molecule has 1 heterocycles. The molecule has 1 amide bonds. The molecule has 2 rings (SSSR count). The highest BCUT2D eigenvalue weighted by atomic mass is 19.3. The van der Waals surface area contributed by atoms with Crippen LogP contribution in [0.2, 0.25) is 0 Å². The number of aryl methyl sites for hydroxylation is 2. The number of likely N-dealkylation sites (N-methyl/N-ethyl adjacent to an activating group) is 1. The van der Waals surface area contributed by atoms with Crippen LogP contribution in [0.5, 0.6) is 5.75 Å². The van der Waals surface area contributed by atoms with Crippen LogP contribution in [0, 0.1) is 13.8 Å². The number of carbonyl (C=O) groups excluding carboxylic acids is 2. The fraction of sp³-hybridized carbons (Fsp3) is 0.389. The first-order valence-corrected chi connectivity index (χ1v) is 8.11. The number of esters is 1. The maximum Gasteiger partial charge on any atom is 0.387 e. The monoisotopic (exact) mass is 382 g/mol. The van der Waals surface area contributed by atoms with Crippen molar-refractivity contribution >= 4 is 11.9 Å². The van der Waals surface area contributed by atoms with E-state index in [0.29, 0.717) is 17.0 Å². The highest BCUT2D eigenvalue weighted by molar-refractivity contribution is 5.81. The van der Waals surface area contributed by atoms with E-state index in [0.717, 1.165) is 5.56 Å². The van der Waals surface area contributed by atoms with Crippen molar-refractivity contribution in [1.29, 1.82) is 0 Å². The summed E-state index contributed by atoms with van der Waals surface area (Å²) in [6, 6.07) is 5.93. The first-order chi connectivity index (χ1) is 12.8. The van der Waals surface area contributed by atoms with Gasteiger partial charge in [-0.1, -0.05) is 17.3 Å². The quantitative estimate of drug-likeness (QED) is 0.653. The summed E-state index contributed by atoms with van der Waals surface area (Å²) in [5.41, 5.74) is 1.97. The number of carbonyl (C=O) groups is 2. The Hall–Kier alpha value is -2.97. The highest BCUT2D eigenvalue weighted by Crippen LogP contribution is 2.16. The third-order valence-corrected chi connectivity index (χ3v) is 3.85. The summed E-state index contributed by atoms with van der Waals surface area (Å²) in [5, 5.41) is 3.75. The zero-order valence-corrected chi connectivity index (χ0v) is 15.2. The Morgan fingerprint density at radius 2 is 1.89 bits per heavy atom. The van der Waals surface area contributed by atoms with Crippen molar-refractivity contribution in [3.05, 3.63) is 46.8 Å². The van der Waals surface area contributed by atoms with E-state index in [1.807, 2.05) is 0 Å². The second-order valence-corrected chi connectivity index (χ2v) is 5.91. The number of hydrogen-bond donors (Lipinski definition) is 0. The van der Waals surface area contributed by atoms with Crippen LogP contribution in [-0.4, -0.2) is 42.2 Å². The van der Waals surface area contributed by atoms with Crippen molar-refractivity contribution in [2.75, 3.05) is 13.7 Å². The van der Waals surface area contributed by atoms with Crippen molar-refractivity contribution in [1.82, 2.24) is 10.1 Å². The van der Waals surface area contributed by atoms with Gasteiger partial charge in [0.25, 0.3) is 5.91 Å². The van der Waals surface area contributed by atoms with E-state index in [-0.39, 0.29) is 18.7 Å². The third-order valence-electron chi connectivity index (χ3n) is 3.85. The van der Waals surface area contributed by atoms with Gasteiger partial charge in [-0.15, -0.1) is 0 Å². The van der Waals surface area contributed by atoms with Gasteiger partial charge in [-0.2, -0.15) is 8.78 Å². The zero-order chi connectivity index (χ0) is 20.0. The summed E-state index contributed by atoms with van der Waals surface area (Å²) >= 11 is 0. The number of benzene rings is 1. The van der Waals surface area contributed by atoms with Gasteiger partial charge in [-0.05, 0) is 31.5 Å². The molecule has 2 aromatic rings. The van der Waals surface area contributed by atoms with E-state index in [1.165, 1.54) is 17.0 Å². The molecule has 1 aromatic carbocycles. The molecule has 0 unspecified atom stereocenters. The molecule has 0 aliphatic heterocycles. The van der Waals surface area contributed by atoms with E-state index >= 15 is 0 Å². The average Bonchev–Trinajstić information content (AvgIpc) is 2.92. The standard InChI is InChI=1S/C18H20F2N2O5/c1-11-15(12(2)27-21-11)8-17(24)25-10-16(23)22(3)9-13-4-6-14(7-5-13)26-18(19)20/h4-7,18H,8-10H2,1-3H3. The number of amides is 1. The van der Waals surface area contributed by atoms with Gasteiger partial charge in [0.2, 0.25) is 0 Å². The Balaban J connectivity index is 1.80. The molecule has 27 heavy (non-hydrogen) atoms. The lowest BCUT2D eigenvalue weighted by Gasteiger charge is -2.17. The van der Waals surface area contributed by atoms with Gasteiger partial charge in [-0.3, -0.25) is 9.59 Å². The number of halogens is 2. The summed E-state index contributed by atoms with van der Waals surface area (Å²) in [6.45, 7) is 0.357. The Kier molecular flexibility index (Phi) is 6.86. The van der Waals surface area contributed by atoms with Crippen LogP contribution in [-0.2, 0) is 27.3 Å². The van der Waals surface area contributed by atoms with Crippen molar-refractivity contribution in [2.24, 2.45) is 0 Å². The molecule has 0 saturated heterocycles. The molecule has 0 aliphatic rings. The predicted molar refractivity (Wildman–Crippen MR) is 90.2 cm³/mol. The molecule has 1 aromatic heterocycles. The Morgan fingerprint density at radius 1 is 1.22 bits per heavy atom. The van der Waals surface area contributed by atoms with E-state index in [1.54, 1.807) is 33.0 Å². The lowest BCUT2D eigenvalue weighted by Crippen LogP contribution is -2.31. The van der Waals surface area contributed by atoms with Gasteiger partial charge in [0.05, 0.1) is 12.1 Å². The van der Waals surface area contributed by atoms with Crippen molar-refractivity contribution in [3.8, 4) is 5.75 Å². The normalized spacial score (nSPS) is 10.7. The first-order valence-electron chi connectivity index (χ1n) is 8.11. The SMILES string of the molecule is Cc1noc(C)c1CC(=O)OCC(=O)N(C)Cc1ccc(OC(F)F)cc1. The molecule has 0 fully saturated rings. The average molecular weight is 382 g/mol. The minimum Gasteiger partial charge on any atom is -0.455 e. The summed E-state index contributed by atoms with van der Waals surface area (Å²) in [5.74, 6) is -0.377. The van der Waals surface area contributed by atoms with Crippen LogP contribution in [0.4, 0.5) is 8.78 Å². The highest BCUT2D eigenvalue weighted by Gasteiger charge is 2.17. The molecule has 0 spiro atoms. The van der Waals surface area contributed by atoms with E-state index in [2.05, 4.69) is 9.89 Å². The molecule has 0 aliphatic carbocycles. The lowest BCUT2D eigenvalue weighted by atomic mass is 10.1. The molecule has 7 nitrogen and oxygen atoms in total. The van der Waals surface area contributed by atoms with Gasteiger partial charge >= 0.3 is 12.6 Å². The fourth-order valence-corrected chi connectivity index (χ4v) is 2.34. The van der Waals surface area contributed by atoms with Gasteiger partial charge in [0, 0.05) is 19.2 Å². The fourth-order valence-electron chi connectivity index (χ4n) is 2.34. The van der Waals surface area contributed by atoms with Crippen molar-refractivity contribution < 1.29 is 32.4 Å². The van der Waals surface area contributed by atoms with Crippen LogP contribution in [0.25, 0.3) is 0 Å². The van der Waals surface area contributed by atoms with E-state index in [9.17, 15) is 18.4 Å². The molecule has 0 N–H and O–H groups in total. The molecule has 0 bridgehead atoms. The maximum absolute atomic E-state index is 12.1. The molecule has 0 radical (unpaired) electrons. The molecule has 146 valence electrons. The van der Waals surface area contributed by atoms with Crippen LogP contribution >= 0.6 is 0 Å². The second kappa shape index (κ2) is 9.11. The Bertz CT molecular complexity index is 770. The topological polar surface area (TPSA) is 81.9 Å².